The first-order valence-electron chi connectivity index (χ1n) is 11.7. The standard InChI is InChI=1S/C25H29N5O3/c1-31-19-5-3-17(4-6-19)16-30-24-21(15-27-30)23(28-18-7-11-32-12-8-18)20(14-26-24)22-13-25(33-29-22)9-2-10-25/h3-6,13-15,18,29H,2,7-12,16H2,1H3,(H,26,28). The smallest absolute Gasteiger partial charge is 0.160 e. The molecule has 3 aliphatic rings. The van der Waals surface area contributed by atoms with E-state index in [1.54, 1.807) is 7.11 Å². The summed E-state index contributed by atoms with van der Waals surface area (Å²) < 4.78 is 12.8. The lowest BCUT2D eigenvalue weighted by Crippen LogP contribution is -2.36. The van der Waals surface area contributed by atoms with Gasteiger partial charge in [0.15, 0.2) is 5.65 Å². The van der Waals surface area contributed by atoms with Crippen molar-refractivity contribution in [3.8, 4) is 5.75 Å². The number of anilines is 1. The number of nitrogens with zero attached hydrogens (tertiary/aromatic N) is 3. The van der Waals surface area contributed by atoms with Gasteiger partial charge in [-0.2, -0.15) is 5.10 Å². The number of nitrogens with one attached hydrogen (secondary N) is 2. The SMILES string of the molecule is COc1ccc(Cn2ncc3c(NC4CCOCC4)c(C4=CC5(CCC5)ON4)cnc32)cc1. The highest BCUT2D eigenvalue weighted by molar-refractivity contribution is 5.96. The van der Waals surface area contributed by atoms with Crippen molar-refractivity contribution in [3.63, 3.8) is 0 Å². The maximum Gasteiger partial charge on any atom is 0.160 e. The van der Waals surface area contributed by atoms with Crippen molar-refractivity contribution in [1.82, 2.24) is 20.2 Å². The van der Waals surface area contributed by atoms with Crippen molar-refractivity contribution in [2.45, 2.75) is 50.3 Å². The van der Waals surface area contributed by atoms with Gasteiger partial charge in [-0.25, -0.2) is 9.67 Å². The third kappa shape index (κ3) is 3.83. The van der Waals surface area contributed by atoms with Crippen LogP contribution in [0.25, 0.3) is 16.7 Å². The summed E-state index contributed by atoms with van der Waals surface area (Å²) in [5, 5.41) is 9.51. The predicted molar refractivity (Wildman–Crippen MR) is 126 cm³/mol. The molecule has 33 heavy (non-hydrogen) atoms. The lowest BCUT2D eigenvalue weighted by atomic mass is 9.80. The first-order valence-corrected chi connectivity index (χ1v) is 11.7. The highest BCUT2D eigenvalue weighted by Crippen LogP contribution is 2.43. The molecule has 0 amide bonds. The minimum Gasteiger partial charge on any atom is -0.497 e. The molecular weight excluding hydrogens is 418 g/mol. The number of pyridine rings is 1. The van der Waals surface area contributed by atoms with Gasteiger partial charge in [0.2, 0.25) is 0 Å². The summed E-state index contributed by atoms with van der Waals surface area (Å²) >= 11 is 0. The molecular formula is C25H29N5O3. The molecule has 8 nitrogen and oxygen atoms in total. The zero-order valence-electron chi connectivity index (χ0n) is 18.8. The molecule has 8 heteroatoms. The van der Waals surface area contributed by atoms with Gasteiger partial charge in [0.05, 0.1) is 36.6 Å². The molecule has 172 valence electrons. The summed E-state index contributed by atoms with van der Waals surface area (Å²) in [6.07, 6.45) is 11.4. The molecule has 1 saturated carbocycles. The molecule has 2 aromatic heterocycles. The van der Waals surface area contributed by atoms with Crippen LogP contribution in [0.5, 0.6) is 5.75 Å². The number of methoxy groups -OCH3 is 1. The number of aromatic nitrogens is 3. The molecule has 1 aromatic carbocycles. The second kappa shape index (κ2) is 8.35. The molecule has 0 atom stereocenters. The molecule has 4 heterocycles. The van der Waals surface area contributed by atoms with Gasteiger partial charge in [-0.1, -0.05) is 12.1 Å². The van der Waals surface area contributed by atoms with Crippen LogP contribution < -0.4 is 15.5 Å². The third-order valence-electron chi connectivity index (χ3n) is 6.99. The molecule has 6 rings (SSSR count). The Morgan fingerprint density at radius 1 is 1.18 bits per heavy atom. The predicted octanol–water partition coefficient (Wildman–Crippen LogP) is 3.88. The van der Waals surface area contributed by atoms with Crippen LogP contribution in [0.1, 0.15) is 43.2 Å². The summed E-state index contributed by atoms with van der Waals surface area (Å²) in [5.41, 5.74) is 8.11. The average Bonchev–Trinajstić information content (AvgIpc) is 3.46. The molecule has 0 radical (unpaired) electrons. The van der Waals surface area contributed by atoms with Gasteiger partial charge < -0.3 is 14.8 Å². The zero-order valence-corrected chi connectivity index (χ0v) is 18.8. The number of hydroxylamine groups is 1. The quantitative estimate of drug-likeness (QED) is 0.593. The monoisotopic (exact) mass is 447 g/mol. The lowest BCUT2D eigenvalue weighted by Gasteiger charge is -2.33. The molecule has 2 N–H and O–H groups in total. The van der Waals surface area contributed by atoms with E-state index in [4.69, 9.17) is 24.4 Å². The molecule has 0 unspecified atom stereocenters. The summed E-state index contributed by atoms with van der Waals surface area (Å²) in [7, 11) is 1.68. The van der Waals surface area contributed by atoms with E-state index in [2.05, 4.69) is 29.0 Å². The number of rotatable bonds is 6. The van der Waals surface area contributed by atoms with Crippen LogP contribution in [0, 0.1) is 0 Å². The van der Waals surface area contributed by atoms with Crippen molar-refractivity contribution in [1.29, 1.82) is 0 Å². The fraction of sp³-hybridized carbons (Fsp3) is 0.440. The highest BCUT2D eigenvalue weighted by atomic mass is 16.7. The fourth-order valence-corrected chi connectivity index (χ4v) is 4.84. The van der Waals surface area contributed by atoms with Crippen molar-refractivity contribution >= 4 is 22.4 Å². The van der Waals surface area contributed by atoms with E-state index in [0.29, 0.717) is 12.6 Å². The second-order valence-corrected chi connectivity index (χ2v) is 9.15. The molecule has 1 saturated heterocycles. The van der Waals surface area contributed by atoms with Crippen molar-refractivity contribution in [3.05, 3.63) is 53.9 Å². The third-order valence-corrected chi connectivity index (χ3v) is 6.99. The minimum atomic E-state index is -0.154. The largest absolute Gasteiger partial charge is 0.497 e. The Morgan fingerprint density at radius 2 is 2.00 bits per heavy atom. The highest BCUT2D eigenvalue weighted by Gasteiger charge is 2.41. The molecule has 2 fully saturated rings. The Hall–Kier alpha value is -3.10. The number of hydrogen-bond donors (Lipinski definition) is 2. The molecule has 3 aromatic rings. The van der Waals surface area contributed by atoms with Crippen LogP contribution in [-0.4, -0.2) is 46.7 Å². The maximum absolute atomic E-state index is 5.95. The number of benzene rings is 1. The Morgan fingerprint density at radius 3 is 2.70 bits per heavy atom. The normalized spacial score (nSPS) is 19.8. The van der Waals surface area contributed by atoms with Crippen LogP contribution in [0.2, 0.25) is 0 Å². The molecule has 0 bridgehead atoms. The van der Waals surface area contributed by atoms with Gasteiger partial charge in [-0.3, -0.25) is 10.3 Å². The van der Waals surface area contributed by atoms with Gasteiger partial charge in [0, 0.05) is 31.0 Å². The van der Waals surface area contributed by atoms with Gasteiger partial charge >= 0.3 is 0 Å². The van der Waals surface area contributed by atoms with Crippen LogP contribution in [0.3, 0.4) is 0 Å². The summed E-state index contributed by atoms with van der Waals surface area (Å²) in [6, 6.07) is 8.42. The van der Waals surface area contributed by atoms with Crippen LogP contribution in [0.4, 0.5) is 5.69 Å². The van der Waals surface area contributed by atoms with Gasteiger partial charge in [0.25, 0.3) is 0 Å². The van der Waals surface area contributed by atoms with E-state index >= 15 is 0 Å². The van der Waals surface area contributed by atoms with Crippen molar-refractivity contribution < 1.29 is 14.3 Å². The summed E-state index contributed by atoms with van der Waals surface area (Å²) in [5.74, 6) is 0.846. The lowest BCUT2D eigenvalue weighted by molar-refractivity contribution is -0.0821. The Bertz CT molecular complexity index is 1180. The second-order valence-electron chi connectivity index (χ2n) is 9.15. The Balaban J connectivity index is 1.37. The van der Waals surface area contributed by atoms with E-state index < -0.39 is 0 Å². The average molecular weight is 448 g/mol. The Kier molecular flexibility index (Phi) is 5.19. The van der Waals surface area contributed by atoms with Gasteiger partial charge in [0.1, 0.15) is 11.4 Å². The van der Waals surface area contributed by atoms with E-state index in [1.807, 2.05) is 29.2 Å². The van der Waals surface area contributed by atoms with Crippen molar-refractivity contribution in [2.75, 3.05) is 25.6 Å². The van der Waals surface area contributed by atoms with E-state index in [0.717, 1.165) is 78.2 Å². The first-order chi connectivity index (χ1) is 16.2. The van der Waals surface area contributed by atoms with Gasteiger partial charge in [-0.15, -0.1) is 0 Å². The first kappa shape index (κ1) is 20.5. The molecule has 2 aliphatic heterocycles. The molecule has 1 aliphatic carbocycles. The van der Waals surface area contributed by atoms with Gasteiger partial charge in [-0.05, 0) is 55.9 Å². The van der Waals surface area contributed by atoms with E-state index in [9.17, 15) is 0 Å². The number of fused-ring (bicyclic) bond motifs is 1. The fourth-order valence-electron chi connectivity index (χ4n) is 4.84. The molecule has 1 spiro atoms. The number of ether oxygens (including phenoxy) is 2. The van der Waals surface area contributed by atoms with Crippen molar-refractivity contribution in [2.24, 2.45) is 0 Å². The zero-order chi connectivity index (χ0) is 22.3. The van der Waals surface area contributed by atoms with E-state index in [1.165, 1.54) is 6.42 Å². The number of hydrogen-bond acceptors (Lipinski definition) is 7. The summed E-state index contributed by atoms with van der Waals surface area (Å²) in [4.78, 5) is 10.8. The van der Waals surface area contributed by atoms with Crippen LogP contribution >= 0.6 is 0 Å². The topological polar surface area (TPSA) is 82.5 Å². The van der Waals surface area contributed by atoms with Crippen LogP contribution in [-0.2, 0) is 16.1 Å². The Labute approximate surface area is 192 Å². The maximum atomic E-state index is 5.95. The minimum absolute atomic E-state index is 0.154. The van der Waals surface area contributed by atoms with Crippen LogP contribution in [0.15, 0.2) is 42.7 Å². The summed E-state index contributed by atoms with van der Waals surface area (Å²) in [6.45, 7) is 2.21. The van der Waals surface area contributed by atoms with E-state index in [-0.39, 0.29) is 5.60 Å².